The molecule has 0 atom stereocenters. The molecular formula is C13H15ClN4O2. The number of benzene rings is 1. The highest BCUT2D eigenvalue weighted by Crippen LogP contribution is 2.16. The number of aromatic amines is 1. The van der Waals surface area contributed by atoms with Crippen molar-refractivity contribution in [2.75, 3.05) is 13.2 Å². The first-order chi connectivity index (χ1) is 9.74. The van der Waals surface area contributed by atoms with Crippen molar-refractivity contribution < 1.29 is 9.53 Å². The number of nitrogens with zero attached hydrogens (tertiary/aromatic N) is 2. The zero-order valence-corrected chi connectivity index (χ0v) is 11.6. The number of rotatable bonds is 7. The molecule has 0 radical (unpaired) electrons. The van der Waals surface area contributed by atoms with Gasteiger partial charge in [-0.2, -0.15) is 5.10 Å². The van der Waals surface area contributed by atoms with Gasteiger partial charge in [-0.15, -0.1) is 0 Å². The number of hydrogen-bond donors (Lipinski definition) is 2. The third-order valence-corrected chi connectivity index (χ3v) is 2.78. The van der Waals surface area contributed by atoms with Crippen LogP contribution in [0.25, 0.3) is 0 Å². The van der Waals surface area contributed by atoms with Gasteiger partial charge in [0, 0.05) is 18.0 Å². The molecule has 2 aromatic rings. The molecule has 106 valence electrons. The second kappa shape index (κ2) is 7.49. The largest absolute Gasteiger partial charge is 0.493 e. The van der Waals surface area contributed by atoms with E-state index in [1.54, 1.807) is 24.3 Å². The van der Waals surface area contributed by atoms with Gasteiger partial charge in [0.25, 0.3) is 0 Å². The van der Waals surface area contributed by atoms with Crippen molar-refractivity contribution in [3.63, 3.8) is 0 Å². The molecule has 20 heavy (non-hydrogen) atoms. The quantitative estimate of drug-likeness (QED) is 0.812. The second-order valence-electron chi connectivity index (χ2n) is 4.09. The van der Waals surface area contributed by atoms with Gasteiger partial charge in [0.05, 0.1) is 13.0 Å². The first kappa shape index (κ1) is 14.3. The molecule has 0 saturated carbocycles. The minimum absolute atomic E-state index is 0.0634. The molecule has 1 aromatic heterocycles. The molecular weight excluding hydrogens is 280 g/mol. The van der Waals surface area contributed by atoms with Crippen LogP contribution in [0.3, 0.4) is 0 Å². The lowest BCUT2D eigenvalue weighted by molar-refractivity contribution is -0.121. The third-order valence-electron chi connectivity index (χ3n) is 2.54. The van der Waals surface area contributed by atoms with Crippen LogP contribution in [0.2, 0.25) is 5.02 Å². The maximum atomic E-state index is 11.6. The molecule has 7 heteroatoms. The summed E-state index contributed by atoms with van der Waals surface area (Å²) in [7, 11) is 0. The summed E-state index contributed by atoms with van der Waals surface area (Å²) < 4.78 is 5.44. The molecule has 0 bridgehead atoms. The Morgan fingerprint density at radius 3 is 3.10 bits per heavy atom. The summed E-state index contributed by atoms with van der Waals surface area (Å²) in [5.74, 6) is 1.35. The van der Waals surface area contributed by atoms with Gasteiger partial charge < -0.3 is 10.1 Å². The van der Waals surface area contributed by atoms with Crippen LogP contribution in [0, 0.1) is 0 Å². The number of carbonyl (C=O) groups excluding carboxylic acids is 1. The Kier molecular flexibility index (Phi) is 5.37. The van der Waals surface area contributed by atoms with Crippen molar-refractivity contribution in [1.82, 2.24) is 20.5 Å². The molecule has 1 amide bonds. The number of nitrogens with one attached hydrogen (secondary N) is 2. The van der Waals surface area contributed by atoms with Crippen LogP contribution in [0.1, 0.15) is 12.2 Å². The molecule has 0 aliphatic heterocycles. The number of aromatic nitrogens is 3. The maximum absolute atomic E-state index is 11.6. The summed E-state index contributed by atoms with van der Waals surface area (Å²) in [6.07, 6.45) is 2.36. The maximum Gasteiger partial charge on any atom is 0.223 e. The molecule has 0 fully saturated rings. The average molecular weight is 295 g/mol. The van der Waals surface area contributed by atoms with Crippen LogP contribution in [0.15, 0.2) is 30.6 Å². The minimum atomic E-state index is -0.0634. The molecule has 2 N–H and O–H groups in total. The molecule has 0 saturated heterocycles. The van der Waals surface area contributed by atoms with E-state index < -0.39 is 0 Å². The fourth-order valence-electron chi connectivity index (χ4n) is 1.58. The zero-order valence-electron chi connectivity index (χ0n) is 10.8. The van der Waals surface area contributed by atoms with Gasteiger partial charge in [0.1, 0.15) is 17.9 Å². The van der Waals surface area contributed by atoms with E-state index in [9.17, 15) is 4.79 Å². The molecule has 2 rings (SSSR count). The molecule has 1 heterocycles. The Bertz CT molecular complexity index is 545. The Labute approximate surface area is 121 Å². The van der Waals surface area contributed by atoms with Gasteiger partial charge in [0.15, 0.2) is 0 Å². The molecule has 0 unspecified atom stereocenters. The summed E-state index contributed by atoms with van der Waals surface area (Å²) in [6, 6.07) is 7.08. The van der Waals surface area contributed by atoms with Crippen molar-refractivity contribution in [3.8, 4) is 5.75 Å². The highest BCUT2D eigenvalue weighted by Gasteiger charge is 2.03. The van der Waals surface area contributed by atoms with E-state index in [1.807, 2.05) is 0 Å². The van der Waals surface area contributed by atoms with Crippen molar-refractivity contribution >= 4 is 17.5 Å². The summed E-state index contributed by atoms with van der Waals surface area (Å²) in [6.45, 7) is 0.833. The molecule has 0 aliphatic carbocycles. The fourth-order valence-corrected chi connectivity index (χ4v) is 1.76. The lowest BCUT2D eigenvalue weighted by Crippen LogP contribution is -2.27. The summed E-state index contributed by atoms with van der Waals surface area (Å²) in [4.78, 5) is 15.5. The van der Waals surface area contributed by atoms with E-state index in [1.165, 1.54) is 6.33 Å². The Morgan fingerprint density at radius 1 is 1.45 bits per heavy atom. The fraction of sp³-hybridized carbons (Fsp3) is 0.308. The predicted molar refractivity (Wildman–Crippen MR) is 74.7 cm³/mol. The minimum Gasteiger partial charge on any atom is -0.493 e. The SMILES string of the molecule is O=C(CCOc1cccc(Cl)c1)NCCc1ncn[nH]1. The number of ether oxygens (including phenoxy) is 1. The highest BCUT2D eigenvalue weighted by molar-refractivity contribution is 6.30. The third kappa shape index (κ3) is 4.89. The highest BCUT2D eigenvalue weighted by atomic mass is 35.5. The van der Waals surface area contributed by atoms with E-state index >= 15 is 0 Å². The van der Waals surface area contributed by atoms with E-state index in [-0.39, 0.29) is 5.91 Å². The van der Waals surface area contributed by atoms with E-state index in [4.69, 9.17) is 16.3 Å². The number of halogens is 1. The average Bonchev–Trinajstić information content (AvgIpc) is 2.92. The van der Waals surface area contributed by atoms with Crippen LogP contribution in [0.5, 0.6) is 5.75 Å². The van der Waals surface area contributed by atoms with E-state index in [0.717, 1.165) is 5.82 Å². The van der Waals surface area contributed by atoms with Crippen molar-refractivity contribution in [2.24, 2.45) is 0 Å². The number of hydrogen-bond acceptors (Lipinski definition) is 4. The first-order valence-electron chi connectivity index (χ1n) is 6.23. The van der Waals surface area contributed by atoms with Crippen LogP contribution < -0.4 is 10.1 Å². The van der Waals surface area contributed by atoms with Gasteiger partial charge in [0.2, 0.25) is 5.91 Å². The van der Waals surface area contributed by atoms with Crippen LogP contribution >= 0.6 is 11.6 Å². The van der Waals surface area contributed by atoms with Crippen molar-refractivity contribution in [3.05, 3.63) is 41.4 Å². The summed E-state index contributed by atoms with van der Waals surface area (Å²) in [5.41, 5.74) is 0. The van der Waals surface area contributed by atoms with Crippen LogP contribution in [-0.2, 0) is 11.2 Å². The van der Waals surface area contributed by atoms with Crippen LogP contribution in [0.4, 0.5) is 0 Å². The summed E-state index contributed by atoms with van der Waals surface area (Å²) in [5, 5.41) is 9.86. The van der Waals surface area contributed by atoms with Crippen molar-refractivity contribution in [2.45, 2.75) is 12.8 Å². The normalized spacial score (nSPS) is 10.2. The van der Waals surface area contributed by atoms with Gasteiger partial charge in [-0.25, -0.2) is 4.98 Å². The lowest BCUT2D eigenvalue weighted by Gasteiger charge is -2.07. The van der Waals surface area contributed by atoms with Crippen LogP contribution in [-0.4, -0.2) is 34.2 Å². The monoisotopic (exact) mass is 294 g/mol. The molecule has 1 aromatic carbocycles. The van der Waals surface area contributed by atoms with Gasteiger partial charge in [-0.05, 0) is 18.2 Å². The number of carbonyl (C=O) groups is 1. The van der Waals surface area contributed by atoms with Gasteiger partial charge in [-0.1, -0.05) is 17.7 Å². The van der Waals surface area contributed by atoms with E-state index in [0.29, 0.717) is 36.8 Å². The van der Waals surface area contributed by atoms with E-state index in [2.05, 4.69) is 20.5 Å². The number of H-pyrrole nitrogens is 1. The van der Waals surface area contributed by atoms with Gasteiger partial charge >= 0.3 is 0 Å². The summed E-state index contributed by atoms with van der Waals surface area (Å²) >= 11 is 5.83. The Morgan fingerprint density at radius 2 is 2.35 bits per heavy atom. The smallest absolute Gasteiger partial charge is 0.223 e. The Balaban J connectivity index is 1.60. The predicted octanol–water partition coefficient (Wildman–Crippen LogP) is 1.59. The second-order valence-corrected chi connectivity index (χ2v) is 4.52. The van der Waals surface area contributed by atoms with Gasteiger partial charge in [-0.3, -0.25) is 9.89 Å². The standard InChI is InChI=1S/C13H15ClN4O2/c14-10-2-1-3-11(8-10)20-7-5-13(19)15-6-4-12-16-9-17-18-12/h1-3,8-9H,4-7H2,(H,15,19)(H,16,17,18). The topological polar surface area (TPSA) is 79.9 Å². The van der Waals surface area contributed by atoms with Crippen molar-refractivity contribution in [1.29, 1.82) is 0 Å². The molecule has 0 spiro atoms. The zero-order chi connectivity index (χ0) is 14.2. The lowest BCUT2D eigenvalue weighted by atomic mass is 10.3. The Hall–Kier alpha value is -2.08. The number of amides is 1. The molecule has 0 aliphatic rings. The first-order valence-corrected chi connectivity index (χ1v) is 6.61. The molecule has 6 nitrogen and oxygen atoms in total.